The Balaban J connectivity index is 1.47. The molecule has 4 rings (SSSR count). The lowest BCUT2D eigenvalue weighted by Crippen LogP contribution is -2.11. The van der Waals surface area contributed by atoms with Crippen molar-refractivity contribution in [3.8, 4) is 11.1 Å². The van der Waals surface area contributed by atoms with Crippen LogP contribution in [0.25, 0.3) is 11.1 Å². The quantitative estimate of drug-likeness (QED) is 0.480. The fraction of sp³-hybridized carbons (Fsp3) is 0.0476. The molecule has 0 atom stereocenters. The smallest absolute Gasteiger partial charge is 0.375 e. The second kappa shape index (κ2) is 8.22. The molecule has 0 aliphatic rings. The van der Waals surface area contributed by atoms with Gasteiger partial charge in [-0.3, -0.25) is 0 Å². The number of ether oxygens (including phenoxy) is 1. The van der Waals surface area contributed by atoms with Crippen LogP contribution in [0, 0.1) is 0 Å². The summed E-state index contributed by atoms with van der Waals surface area (Å²) in [6, 6.07) is 20.5. The molecule has 8 nitrogen and oxygen atoms in total. The summed E-state index contributed by atoms with van der Waals surface area (Å²) in [4.78, 5) is 24.8. The van der Waals surface area contributed by atoms with E-state index in [1.807, 2.05) is 60.7 Å². The van der Waals surface area contributed by atoms with Crippen molar-refractivity contribution in [2.24, 2.45) is 0 Å². The van der Waals surface area contributed by atoms with Crippen LogP contribution in [0.2, 0.25) is 0 Å². The van der Waals surface area contributed by atoms with Gasteiger partial charge in [-0.05, 0) is 23.8 Å². The van der Waals surface area contributed by atoms with Crippen molar-refractivity contribution in [2.45, 2.75) is 6.61 Å². The molecule has 0 saturated heterocycles. The normalized spacial score (nSPS) is 10.5. The first-order valence-corrected chi connectivity index (χ1v) is 8.81. The highest BCUT2D eigenvalue weighted by Gasteiger charge is 2.19. The number of nitrogens with zero attached hydrogens (tertiary/aromatic N) is 3. The van der Waals surface area contributed by atoms with Crippen LogP contribution in [-0.2, 0) is 11.3 Å². The molecule has 3 N–H and O–H groups in total. The zero-order valence-electron chi connectivity index (χ0n) is 15.3. The number of nitrogens with one attached hydrogen (secondary N) is 1. The van der Waals surface area contributed by atoms with Gasteiger partial charge in [-0.1, -0.05) is 48.5 Å². The summed E-state index contributed by atoms with van der Waals surface area (Å²) in [6.07, 6.45) is 1.45. The molecule has 0 aliphatic heterocycles. The Bertz CT molecular complexity index is 1110. The third-order valence-electron chi connectivity index (χ3n) is 4.00. The second-order valence-electron chi connectivity index (χ2n) is 6.03. The number of hydrogen-bond donors (Lipinski definition) is 2. The summed E-state index contributed by atoms with van der Waals surface area (Å²) < 4.78 is 10.7. The van der Waals surface area contributed by atoms with Crippen LogP contribution in [0.1, 0.15) is 16.4 Å². The van der Waals surface area contributed by atoms with Gasteiger partial charge >= 0.3 is 5.97 Å². The summed E-state index contributed by atoms with van der Waals surface area (Å²) in [6.45, 7) is -0.177. The zero-order chi connectivity index (χ0) is 20.1. The number of para-hydroxylation sites is 1. The number of esters is 1. The lowest BCUT2D eigenvalue weighted by Gasteiger charge is -2.08. The number of carbonyl (C=O) groups excluding carboxylic acids is 1. The van der Waals surface area contributed by atoms with Crippen molar-refractivity contribution in [2.75, 3.05) is 11.1 Å². The Kier molecular flexibility index (Phi) is 5.15. The first kappa shape index (κ1) is 18.2. The van der Waals surface area contributed by atoms with Crippen molar-refractivity contribution in [1.82, 2.24) is 15.0 Å². The molecule has 29 heavy (non-hydrogen) atoms. The van der Waals surface area contributed by atoms with E-state index in [-0.39, 0.29) is 30.1 Å². The maximum absolute atomic E-state index is 12.5. The molecule has 0 spiro atoms. The molecular formula is C21H17N5O3. The van der Waals surface area contributed by atoms with Gasteiger partial charge in [0.05, 0.1) is 6.26 Å². The van der Waals surface area contributed by atoms with Crippen LogP contribution in [0.5, 0.6) is 0 Å². The second-order valence-corrected chi connectivity index (χ2v) is 6.03. The van der Waals surface area contributed by atoms with Gasteiger partial charge in [0.1, 0.15) is 0 Å². The van der Waals surface area contributed by atoms with E-state index >= 15 is 0 Å². The van der Waals surface area contributed by atoms with E-state index in [0.717, 1.165) is 11.3 Å². The minimum Gasteiger partial charge on any atom is -0.457 e. The van der Waals surface area contributed by atoms with E-state index in [4.69, 9.17) is 14.9 Å². The molecule has 0 aliphatic carbocycles. The standard InChI is InChI=1S/C21H17N5O3/c22-20-24-17(25-21(26-20)23-15-9-5-2-6-10-15)13-29-19(27)18-16(11-12-28-18)14-7-3-1-4-8-14/h1-12H,13H2,(H3,22,23,24,25,26). The van der Waals surface area contributed by atoms with Gasteiger partial charge in [0.2, 0.25) is 17.7 Å². The Morgan fingerprint density at radius 3 is 2.45 bits per heavy atom. The van der Waals surface area contributed by atoms with Crippen molar-refractivity contribution in [3.63, 3.8) is 0 Å². The number of hydrogen-bond acceptors (Lipinski definition) is 8. The number of benzene rings is 2. The summed E-state index contributed by atoms with van der Waals surface area (Å²) in [7, 11) is 0. The van der Waals surface area contributed by atoms with E-state index < -0.39 is 5.97 Å². The largest absolute Gasteiger partial charge is 0.457 e. The van der Waals surface area contributed by atoms with E-state index in [0.29, 0.717) is 5.56 Å². The average molecular weight is 387 g/mol. The molecule has 4 aromatic rings. The summed E-state index contributed by atoms with van der Waals surface area (Å²) in [5.74, 6) is -0.00598. The van der Waals surface area contributed by atoms with Crippen LogP contribution < -0.4 is 11.1 Å². The van der Waals surface area contributed by atoms with E-state index in [9.17, 15) is 4.79 Å². The number of rotatable bonds is 6. The molecule has 8 heteroatoms. The molecule has 2 heterocycles. The number of furan rings is 1. The Hall–Kier alpha value is -4.20. The summed E-state index contributed by atoms with van der Waals surface area (Å²) in [5.41, 5.74) is 8.05. The summed E-state index contributed by atoms with van der Waals surface area (Å²) >= 11 is 0. The van der Waals surface area contributed by atoms with Crippen molar-refractivity contribution in [1.29, 1.82) is 0 Å². The predicted octanol–water partition coefficient (Wildman–Crippen LogP) is 3.81. The molecule has 0 amide bonds. The topological polar surface area (TPSA) is 116 Å². The maximum atomic E-state index is 12.5. The number of nitrogen functional groups attached to an aromatic ring is 1. The van der Waals surface area contributed by atoms with Crippen LogP contribution in [-0.4, -0.2) is 20.9 Å². The minimum atomic E-state index is -0.620. The highest BCUT2D eigenvalue weighted by Crippen LogP contribution is 2.25. The van der Waals surface area contributed by atoms with Gasteiger partial charge in [-0.15, -0.1) is 0 Å². The lowest BCUT2D eigenvalue weighted by atomic mass is 10.1. The fourth-order valence-corrected chi connectivity index (χ4v) is 2.72. The molecule has 0 radical (unpaired) electrons. The molecular weight excluding hydrogens is 370 g/mol. The Morgan fingerprint density at radius 1 is 0.966 bits per heavy atom. The fourth-order valence-electron chi connectivity index (χ4n) is 2.72. The van der Waals surface area contributed by atoms with Crippen LogP contribution in [0.3, 0.4) is 0 Å². The molecule has 2 aromatic carbocycles. The number of aromatic nitrogens is 3. The molecule has 0 saturated carbocycles. The van der Waals surface area contributed by atoms with Gasteiger partial charge in [0, 0.05) is 11.3 Å². The average Bonchev–Trinajstić information content (AvgIpc) is 3.23. The van der Waals surface area contributed by atoms with E-state index in [1.54, 1.807) is 6.07 Å². The maximum Gasteiger partial charge on any atom is 0.375 e. The van der Waals surface area contributed by atoms with Crippen LogP contribution in [0.15, 0.2) is 77.4 Å². The first-order valence-electron chi connectivity index (χ1n) is 8.81. The first-order chi connectivity index (χ1) is 14.2. The third kappa shape index (κ3) is 4.38. The van der Waals surface area contributed by atoms with Crippen LogP contribution >= 0.6 is 0 Å². The van der Waals surface area contributed by atoms with Gasteiger partial charge in [-0.2, -0.15) is 15.0 Å². The third-order valence-corrected chi connectivity index (χ3v) is 4.00. The highest BCUT2D eigenvalue weighted by molar-refractivity contribution is 5.94. The molecule has 2 aromatic heterocycles. The van der Waals surface area contributed by atoms with E-state index in [2.05, 4.69) is 20.3 Å². The highest BCUT2D eigenvalue weighted by atomic mass is 16.5. The molecule has 0 unspecified atom stereocenters. The lowest BCUT2D eigenvalue weighted by molar-refractivity contribution is 0.0427. The minimum absolute atomic E-state index is 0.0208. The molecule has 0 bridgehead atoms. The van der Waals surface area contributed by atoms with Gasteiger partial charge in [0.15, 0.2) is 12.4 Å². The van der Waals surface area contributed by atoms with E-state index in [1.165, 1.54) is 6.26 Å². The molecule has 144 valence electrons. The van der Waals surface area contributed by atoms with Gasteiger partial charge < -0.3 is 20.2 Å². The monoisotopic (exact) mass is 387 g/mol. The zero-order valence-corrected chi connectivity index (χ0v) is 15.3. The van der Waals surface area contributed by atoms with Gasteiger partial charge in [0.25, 0.3) is 0 Å². The number of anilines is 3. The Morgan fingerprint density at radius 2 is 1.69 bits per heavy atom. The number of nitrogens with two attached hydrogens (primary N) is 1. The SMILES string of the molecule is Nc1nc(COC(=O)c2occc2-c2ccccc2)nc(Nc2ccccc2)n1. The van der Waals surface area contributed by atoms with Crippen molar-refractivity contribution >= 4 is 23.6 Å². The Labute approximate surface area is 166 Å². The van der Waals surface area contributed by atoms with Crippen molar-refractivity contribution in [3.05, 3.63) is 84.6 Å². The predicted molar refractivity (Wildman–Crippen MR) is 107 cm³/mol. The van der Waals surface area contributed by atoms with Gasteiger partial charge in [-0.25, -0.2) is 4.79 Å². The molecule has 0 fully saturated rings. The van der Waals surface area contributed by atoms with Crippen molar-refractivity contribution < 1.29 is 13.9 Å². The number of carbonyl (C=O) groups is 1. The summed E-state index contributed by atoms with van der Waals surface area (Å²) in [5, 5.41) is 3.03. The van der Waals surface area contributed by atoms with Crippen LogP contribution in [0.4, 0.5) is 17.6 Å².